The average molecular weight is 302 g/mol. The van der Waals surface area contributed by atoms with E-state index in [2.05, 4.69) is 10.6 Å². The van der Waals surface area contributed by atoms with Crippen molar-refractivity contribution >= 4 is 11.6 Å². The van der Waals surface area contributed by atoms with E-state index in [1.807, 2.05) is 0 Å². The minimum atomic E-state index is -1.55. The molecule has 7 heteroatoms. The number of nitrogens with one attached hydrogen (secondary N) is 2. The molecule has 1 heterocycles. The summed E-state index contributed by atoms with van der Waals surface area (Å²) in [5.41, 5.74) is -0.113. The molecule has 0 spiro atoms. The molecule has 0 radical (unpaired) electrons. The third-order valence-electron chi connectivity index (χ3n) is 3.24. The normalized spacial score (nSPS) is 16.0. The summed E-state index contributed by atoms with van der Waals surface area (Å²) in [6, 6.07) is 1.48. The minimum Gasteiger partial charge on any atom is -0.378 e. The van der Waals surface area contributed by atoms with Crippen molar-refractivity contribution in [3.8, 4) is 0 Å². The summed E-state index contributed by atoms with van der Waals surface area (Å²) in [5, 5.41) is 5.51. The van der Waals surface area contributed by atoms with Crippen LogP contribution in [0.5, 0.6) is 0 Å². The Morgan fingerprint density at radius 2 is 1.86 bits per heavy atom. The fourth-order valence-corrected chi connectivity index (χ4v) is 2.13. The number of hydrogen-bond acceptors (Lipinski definition) is 3. The van der Waals surface area contributed by atoms with Crippen molar-refractivity contribution in [2.24, 2.45) is 0 Å². The monoisotopic (exact) mass is 302 g/mol. The standard InChI is InChI=1S/C14H17F3N2O2/c15-11-7-9(8-12(16)14(11)17)19-13(20)3-6-21-10-1-4-18-5-2-10/h7-8,10,18H,1-6H2,(H,19,20). The Kier molecular flexibility index (Phi) is 5.58. The number of benzene rings is 1. The van der Waals surface area contributed by atoms with E-state index in [0.29, 0.717) is 0 Å². The number of amides is 1. The zero-order chi connectivity index (χ0) is 15.2. The van der Waals surface area contributed by atoms with Crippen LogP contribution in [0.4, 0.5) is 18.9 Å². The van der Waals surface area contributed by atoms with Crippen molar-refractivity contribution < 1.29 is 22.7 Å². The van der Waals surface area contributed by atoms with Gasteiger partial charge in [-0.25, -0.2) is 13.2 Å². The van der Waals surface area contributed by atoms with Gasteiger partial charge in [0.1, 0.15) is 0 Å². The molecule has 1 saturated heterocycles. The second-order valence-corrected chi connectivity index (χ2v) is 4.87. The Balaban J connectivity index is 1.76. The number of anilines is 1. The molecule has 0 saturated carbocycles. The van der Waals surface area contributed by atoms with Crippen LogP contribution in [-0.4, -0.2) is 31.7 Å². The Labute approximate surface area is 120 Å². The molecule has 1 aromatic carbocycles. The average Bonchev–Trinajstić information content (AvgIpc) is 2.46. The molecule has 0 aliphatic carbocycles. The molecule has 1 aliphatic rings. The highest BCUT2D eigenvalue weighted by atomic mass is 19.2. The van der Waals surface area contributed by atoms with E-state index >= 15 is 0 Å². The van der Waals surface area contributed by atoms with Gasteiger partial charge in [-0.3, -0.25) is 4.79 Å². The zero-order valence-corrected chi connectivity index (χ0v) is 11.4. The summed E-state index contributed by atoms with van der Waals surface area (Å²) in [6.07, 6.45) is 2.01. The van der Waals surface area contributed by atoms with Gasteiger partial charge in [0.05, 0.1) is 19.1 Å². The lowest BCUT2D eigenvalue weighted by molar-refractivity contribution is -0.117. The van der Waals surface area contributed by atoms with E-state index in [9.17, 15) is 18.0 Å². The summed E-state index contributed by atoms with van der Waals surface area (Å²) in [7, 11) is 0. The zero-order valence-electron chi connectivity index (χ0n) is 11.4. The number of hydrogen-bond donors (Lipinski definition) is 2. The third kappa shape index (κ3) is 4.71. The molecular formula is C14H17F3N2O2. The van der Waals surface area contributed by atoms with Crippen molar-refractivity contribution in [1.82, 2.24) is 5.32 Å². The van der Waals surface area contributed by atoms with Crippen LogP contribution < -0.4 is 10.6 Å². The van der Waals surface area contributed by atoms with Gasteiger partial charge < -0.3 is 15.4 Å². The van der Waals surface area contributed by atoms with E-state index in [1.54, 1.807) is 0 Å². The van der Waals surface area contributed by atoms with Crippen molar-refractivity contribution in [2.45, 2.75) is 25.4 Å². The lowest BCUT2D eigenvalue weighted by Gasteiger charge is -2.22. The van der Waals surface area contributed by atoms with Gasteiger partial charge in [-0.2, -0.15) is 0 Å². The maximum absolute atomic E-state index is 13.0. The molecule has 2 rings (SSSR count). The molecule has 21 heavy (non-hydrogen) atoms. The Hall–Kier alpha value is -1.60. The highest BCUT2D eigenvalue weighted by Gasteiger charge is 2.15. The molecule has 0 aromatic heterocycles. The molecule has 0 atom stereocenters. The first-order valence-corrected chi connectivity index (χ1v) is 6.83. The number of carbonyl (C=O) groups is 1. The van der Waals surface area contributed by atoms with Crippen molar-refractivity contribution in [3.63, 3.8) is 0 Å². The summed E-state index contributed by atoms with van der Waals surface area (Å²) in [6.45, 7) is 2.03. The SMILES string of the molecule is O=C(CCOC1CCNCC1)Nc1cc(F)c(F)c(F)c1. The summed E-state index contributed by atoms with van der Waals surface area (Å²) in [4.78, 5) is 11.6. The first kappa shape index (κ1) is 15.8. The number of piperidine rings is 1. The molecular weight excluding hydrogens is 285 g/mol. The van der Waals surface area contributed by atoms with E-state index < -0.39 is 23.4 Å². The predicted octanol–water partition coefficient (Wildman–Crippen LogP) is 2.20. The molecule has 1 amide bonds. The number of halogens is 3. The minimum absolute atomic E-state index is 0.0740. The molecule has 2 N–H and O–H groups in total. The summed E-state index contributed by atoms with van der Waals surface area (Å²) < 4.78 is 44.3. The predicted molar refractivity (Wildman–Crippen MR) is 71.4 cm³/mol. The van der Waals surface area contributed by atoms with Gasteiger partial charge >= 0.3 is 0 Å². The van der Waals surface area contributed by atoms with Crippen LogP contribution in [0.2, 0.25) is 0 Å². The number of rotatable bonds is 5. The third-order valence-corrected chi connectivity index (χ3v) is 3.24. The van der Waals surface area contributed by atoms with E-state index in [4.69, 9.17) is 4.74 Å². The fourth-order valence-electron chi connectivity index (χ4n) is 2.13. The van der Waals surface area contributed by atoms with Gasteiger partial charge in [-0.05, 0) is 25.9 Å². The molecule has 116 valence electrons. The van der Waals surface area contributed by atoms with Gasteiger partial charge in [0.25, 0.3) is 0 Å². The fraction of sp³-hybridized carbons (Fsp3) is 0.500. The Morgan fingerprint density at radius 1 is 1.24 bits per heavy atom. The van der Waals surface area contributed by atoms with Crippen LogP contribution in [0.3, 0.4) is 0 Å². The molecule has 0 bridgehead atoms. The van der Waals surface area contributed by atoms with Crippen molar-refractivity contribution in [1.29, 1.82) is 0 Å². The quantitative estimate of drug-likeness (QED) is 0.820. The largest absolute Gasteiger partial charge is 0.378 e. The smallest absolute Gasteiger partial charge is 0.226 e. The van der Waals surface area contributed by atoms with E-state index in [1.165, 1.54) is 0 Å². The molecule has 0 unspecified atom stereocenters. The molecule has 1 fully saturated rings. The summed E-state index contributed by atoms with van der Waals surface area (Å²) in [5.74, 6) is -4.66. The van der Waals surface area contributed by atoms with Crippen molar-refractivity contribution in [2.75, 3.05) is 25.0 Å². The Morgan fingerprint density at radius 3 is 2.48 bits per heavy atom. The lowest BCUT2D eigenvalue weighted by atomic mass is 10.1. The molecule has 1 aromatic rings. The van der Waals surface area contributed by atoms with Crippen LogP contribution >= 0.6 is 0 Å². The maximum atomic E-state index is 13.0. The highest BCUT2D eigenvalue weighted by Crippen LogP contribution is 2.17. The number of carbonyl (C=O) groups excluding carboxylic acids is 1. The van der Waals surface area contributed by atoms with Gasteiger partial charge in [-0.15, -0.1) is 0 Å². The summed E-state index contributed by atoms with van der Waals surface area (Å²) >= 11 is 0. The lowest BCUT2D eigenvalue weighted by Crippen LogP contribution is -2.33. The van der Waals surface area contributed by atoms with Crippen molar-refractivity contribution in [3.05, 3.63) is 29.6 Å². The Bertz CT molecular complexity index is 482. The van der Waals surface area contributed by atoms with Gasteiger partial charge in [0, 0.05) is 17.8 Å². The van der Waals surface area contributed by atoms with Crippen LogP contribution in [0.25, 0.3) is 0 Å². The van der Waals surface area contributed by atoms with Gasteiger partial charge in [0.15, 0.2) is 17.5 Å². The number of ether oxygens (including phenoxy) is 1. The topological polar surface area (TPSA) is 50.4 Å². The second-order valence-electron chi connectivity index (χ2n) is 4.87. The molecule has 1 aliphatic heterocycles. The van der Waals surface area contributed by atoms with Gasteiger partial charge in [-0.1, -0.05) is 0 Å². The van der Waals surface area contributed by atoms with Crippen LogP contribution in [0.15, 0.2) is 12.1 Å². The second kappa shape index (κ2) is 7.42. The van der Waals surface area contributed by atoms with E-state index in [-0.39, 0.29) is 24.8 Å². The molecule has 4 nitrogen and oxygen atoms in total. The van der Waals surface area contributed by atoms with Crippen LogP contribution in [0.1, 0.15) is 19.3 Å². The first-order chi connectivity index (χ1) is 10.1. The maximum Gasteiger partial charge on any atom is 0.226 e. The van der Waals surface area contributed by atoms with Crippen LogP contribution in [-0.2, 0) is 9.53 Å². The highest BCUT2D eigenvalue weighted by molar-refractivity contribution is 5.90. The van der Waals surface area contributed by atoms with Crippen LogP contribution in [0, 0.1) is 17.5 Å². The first-order valence-electron chi connectivity index (χ1n) is 6.83. The van der Waals surface area contributed by atoms with Gasteiger partial charge in [0.2, 0.25) is 5.91 Å². The van der Waals surface area contributed by atoms with E-state index in [0.717, 1.165) is 38.1 Å².